The number of rotatable bonds is 2. The van der Waals surface area contributed by atoms with Crippen LogP contribution < -0.4 is 11.1 Å². The molecule has 1 fully saturated rings. The Bertz CT molecular complexity index is 940. The molecule has 2 atom stereocenters. The normalized spacial score (nSPS) is 25.8. The first-order chi connectivity index (χ1) is 14.7. The number of benzene rings is 1. The molecule has 2 heterocycles. The monoisotopic (exact) mass is 464 g/mol. The Balaban J connectivity index is 2.04. The molecule has 0 saturated carbocycles. The van der Waals surface area contributed by atoms with Crippen molar-refractivity contribution in [3.63, 3.8) is 0 Å². The first kappa shape index (κ1) is 24.3. The van der Waals surface area contributed by atoms with Gasteiger partial charge in [-0.2, -0.15) is 0 Å². The molecule has 2 aliphatic rings. The number of carbonyl (C=O) groups is 2. The number of nitrogen functional groups attached to an aromatic ring is 1. The number of hydrogen-bond donors (Lipinski definition) is 2. The molecule has 0 aromatic heterocycles. The van der Waals surface area contributed by atoms with Gasteiger partial charge in [0.05, 0.1) is 28.3 Å². The highest BCUT2D eigenvalue weighted by atomic mass is 35.5. The van der Waals surface area contributed by atoms with Crippen LogP contribution >= 0.6 is 11.6 Å². The Hall–Kier alpha value is -2.32. The van der Waals surface area contributed by atoms with E-state index in [0.29, 0.717) is 35.7 Å². The van der Waals surface area contributed by atoms with Gasteiger partial charge in [0.2, 0.25) is 11.9 Å². The zero-order valence-electron chi connectivity index (χ0n) is 19.6. The summed E-state index contributed by atoms with van der Waals surface area (Å²) in [5, 5.41) is 3.07. The SMILES string of the molecule is CC(C)(C)OC(=O)NC1=N[C@](C)(c2cccc(N)c2Cl)CC(=O)N1[C@H]1CCOC(C)(C)C1. The summed E-state index contributed by atoms with van der Waals surface area (Å²) < 4.78 is 11.3. The molecule has 1 aromatic rings. The molecule has 1 saturated heterocycles. The maximum atomic E-state index is 13.5. The lowest BCUT2D eigenvalue weighted by Gasteiger charge is -2.45. The number of aliphatic imine (C=N–C) groups is 1. The first-order valence-corrected chi connectivity index (χ1v) is 11.2. The fourth-order valence-electron chi connectivity index (χ4n) is 4.23. The third-order valence-corrected chi connectivity index (χ3v) is 6.02. The quantitative estimate of drug-likeness (QED) is 0.637. The Kier molecular flexibility index (Phi) is 6.50. The number of carbonyl (C=O) groups excluding carboxylic acids is 2. The second kappa shape index (κ2) is 8.56. The van der Waals surface area contributed by atoms with Crippen molar-refractivity contribution in [2.45, 2.75) is 83.6 Å². The van der Waals surface area contributed by atoms with Crippen LogP contribution in [0.3, 0.4) is 0 Å². The van der Waals surface area contributed by atoms with Gasteiger partial charge in [-0.3, -0.25) is 15.0 Å². The zero-order chi connectivity index (χ0) is 23.9. The summed E-state index contributed by atoms with van der Waals surface area (Å²) in [6, 6.07) is 5.10. The minimum atomic E-state index is -0.995. The molecule has 0 bridgehead atoms. The van der Waals surface area contributed by atoms with E-state index < -0.39 is 22.8 Å². The van der Waals surface area contributed by atoms with Gasteiger partial charge in [0, 0.05) is 18.2 Å². The number of guanidine groups is 1. The lowest BCUT2D eigenvalue weighted by molar-refractivity contribution is -0.136. The van der Waals surface area contributed by atoms with E-state index in [4.69, 9.17) is 31.8 Å². The second-order valence-electron chi connectivity index (χ2n) is 10.2. The molecule has 0 spiro atoms. The van der Waals surface area contributed by atoms with E-state index in [0.717, 1.165) is 0 Å². The maximum Gasteiger partial charge on any atom is 0.414 e. The van der Waals surface area contributed by atoms with Crippen LogP contribution in [0.25, 0.3) is 0 Å². The van der Waals surface area contributed by atoms with Gasteiger partial charge in [0.15, 0.2) is 0 Å². The molecule has 1 aromatic carbocycles. The van der Waals surface area contributed by atoms with Crippen LogP contribution in [0.4, 0.5) is 10.5 Å². The van der Waals surface area contributed by atoms with Crippen LogP contribution in [0.2, 0.25) is 5.02 Å². The lowest BCUT2D eigenvalue weighted by Crippen LogP contribution is -2.59. The Morgan fingerprint density at radius 3 is 2.66 bits per heavy atom. The number of hydrogen-bond acceptors (Lipinski definition) is 6. The van der Waals surface area contributed by atoms with Gasteiger partial charge in [-0.25, -0.2) is 9.79 Å². The number of alkyl carbamates (subject to hydrolysis) is 1. The van der Waals surface area contributed by atoms with E-state index >= 15 is 0 Å². The fraction of sp³-hybridized carbons (Fsp3) is 0.609. The molecular weight excluding hydrogens is 432 g/mol. The van der Waals surface area contributed by atoms with Crippen molar-refractivity contribution in [2.24, 2.45) is 4.99 Å². The summed E-state index contributed by atoms with van der Waals surface area (Å²) in [5.41, 5.74) is 4.95. The fourth-order valence-corrected chi connectivity index (χ4v) is 4.56. The first-order valence-electron chi connectivity index (χ1n) is 10.8. The predicted octanol–water partition coefficient (Wildman–Crippen LogP) is 4.21. The number of nitrogens with zero attached hydrogens (tertiary/aromatic N) is 2. The van der Waals surface area contributed by atoms with E-state index in [1.807, 2.05) is 20.8 Å². The molecule has 2 aliphatic heterocycles. The Morgan fingerprint density at radius 1 is 1.34 bits per heavy atom. The summed E-state index contributed by atoms with van der Waals surface area (Å²) in [7, 11) is 0. The second-order valence-corrected chi connectivity index (χ2v) is 10.6. The van der Waals surface area contributed by atoms with Crippen molar-refractivity contribution >= 4 is 35.2 Å². The van der Waals surface area contributed by atoms with Gasteiger partial charge in [0.1, 0.15) is 5.60 Å². The van der Waals surface area contributed by atoms with Gasteiger partial charge in [0.25, 0.3) is 0 Å². The van der Waals surface area contributed by atoms with Gasteiger partial charge < -0.3 is 15.2 Å². The minimum Gasteiger partial charge on any atom is -0.444 e. The third-order valence-electron chi connectivity index (χ3n) is 5.60. The standard InChI is InChI=1S/C23H33ClN4O4/c1-21(2,3)32-20(30)26-19-27-23(6,15-8-7-9-16(25)18(15)24)13-17(29)28(19)14-10-11-31-22(4,5)12-14/h7-9,14H,10-13,25H2,1-6H3,(H,26,27,30)/t14-,23-/m0/s1. The molecule has 2 amide bonds. The molecule has 0 radical (unpaired) electrons. The number of nitrogens with one attached hydrogen (secondary N) is 1. The molecule has 3 N–H and O–H groups in total. The maximum absolute atomic E-state index is 13.5. The number of ether oxygens (including phenoxy) is 2. The summed E-state index contributed by atoms with van der Waals surface area (Å²) in [6.45, 7) is 11.6. The number of halogens is 1. The van der Waals surface area contributed by atoms with Crippen LogP contribution in [0.15, 0.2) is 23.2 Å². The van der Waals surface area contributed by atoms with E-state index in [9.17, 15) is 9.59 Å². The molecule has 0 unspecified atom stereocenters. The average molecular weight is 465 g/mol. The number of nitrogens with two attached hydrogens (primary N) is 1. The highest BCUT2D eigenvalue weighted by Gasteiger charge is 2.45. The largest absolute Gasteiger partial charge is 0.444 e. The topological polar surface area (TPSA) is 106 Å². The van der Waals surface area contributed by atoms with Gasteiger partial charge >= 0.3 is 6.09 Å². The molecule has 32 heavy (non-hydrogen) atoms. The van der Waals surface area contributed by atoms with Crippen molar-refractivity contribution in [1.82, 2.24) is 10.2 Å². The molecule has 3 rings (SSSR count). The van der Waals surface area contributed by atoms with Crippen molar-refractivity contribution in [2.75, 3.05) is 12.3 Å². The lowest BCUT2D eigenvalue weighted by atomic mass is 9.85. The van der Waals surface area contributed by atoms with E-state index in [1.165, 1.54) is 0 Å². The van der Waals surface area contributed by atoms with Crippen molar-refractivity contribution in [3.8, 4) is 0 Å². The van der Waals surface area contributed by atoms with Gasteiger partial charge in [-0.05, 0) is 60.5 Å². The van der Waals surface area contributed by atoms with Crippen LogP contribution in [-0.4, -0.2) is 46.7 Å². The van der Waals surface area contributed by atoms with E-state index in [-0.39, 0.29) is 24.3 Å². The molecular formula is C23H33ClN4O4. The van der Waals surface area contributed by atoms with Crippen molar-refractivity contribution in [3.05, 3.63) is 28.8 Å². The van der Waals surface area contributed by atoms with Gasteiger partial charge in [-0.15, -0.1) is 0 Å². The predicted molar refractivity (Wildman–Crippen MR) is 125 cm³/mol. The van der Waals surface area contributed by atoms with Crippen molar-refractivity contribution < 1.29 is 19.1 Å². The Labute approximate surface area is 194 Å². The van der Waals surface area contributed by atoms with Crippen LogP contribution in [0.1, 0.15) is 66.4 Å². The smallest absolute Gasteiger partial charge is 0.414 e. The molecule has 176 valence electrons. The zero-order valence-corrected chi connectivity index (χ0v) is 20.4. The number of amides is 2. The third kappa shape index (κ3) is 5.35. The highest BCUT2D eigenvalue weighted by molar-refractivity contribution is 6.34. The van der Waals surface area contributed by atoms with Gasteiger partial charge in [-0.1, -0.05) is 23.7 Å². The van der Waals surface area contributed by atoms with Crippen LogP contribution in [0.5, 0.6) is 0 Å². The van der Waals surface area contributed by atoms with Crippen LogP contribution in [0, 0.1) is 0 Å². The molecule has 8 nitrogen and oxygen atoms in total. The summed E-state index contributed by atoms with van der Waals surface area (Å²) >= 11 is 6.48. The summed E-state index contributed by atoms with van der Waals surface area (Å²) in [5.74, 6) is -0.00561. The molecule has 0 aliphatic carbocycles. The summed E-state index contributed by atoms with van der Waals surface area (Å²) in [4.78, 5) is 32.6. The Morgan fingerprint density at radius 2 is 2.03 bits per heavy atom. The average Bonchev–Trinajstić information content (AvgIpc) is 2.60. The van der Waals surface area contributed by atoms with E-state index in [2.05, 4.69) is 5.32 Å². The van der Waals surface area contributed by atoms with Crippen LogP contribution in [-0.2, 0) is 19.8 Å². The highest BCUT2D eigenvalue weighted by Crippen LogP contribution is 2.41. The minimum absolute atomic E-state index is 0.0907. The van der Waals surface area contributed by atoms with E-state index in [1.54, 1.807) is 43.9 Å². The number of anilines is 1. The van der Waals surface area contributed by atoms with Crippen molar-refractivity contribution in [1.29, 1.82) is 0 Å². The molecule has 9 heteroatoms. The summed E-state index contributed by atoms with van der Waals surface area (Å²) in [6.07, 6.45) is 0.667.